The molecule has 0 amide bonds. The zero-order chi connectivity index (χ0) is 21.2. The number of hydrogen-bond donors (Lipinski definition) is 2. The third kappa shape index (κ3) is 6.72. The van der Waals surface area contributed by atoms with Gasteiger partial charge in [-0.3, -0.25) is 9.89 Å². The van der Waals surface area contributed by atoms with Crippen LogP contribution in [-0.2, 0) is 24.2 Å². The number of nitrogens with one attached hydrogen (secondary N) is 2. The van der Waals surface area contributed by atoms with Crippen molar-refractivity contribution >= 4 is 17.3 Å². The van der Waals surface area contributed by atoms with Crippen LogP contribution in [0.2, 0.25) is 0 Å². The molecular weight excluding hydrogens is 396 g/mol. The van der Waals surface area contributed by atoms with Crippen LogP contribution < -0.4 is 15.4 Å². The van der Waals surface area contributed by atoms with E-state index in [1.54, 1.807) is 4.88 Å². The van der Waals surface area contributed by atoms with Crippen LogP contribution in [0.25, 0.3) is 0 Å². The summed E-state index contributed by atoms with van der Waals surface area (Å²) < 4.78 is 11.3. The summed E-state index contributed by atoms with van der Waals surface area (Å²) in [6, 6.07) is 8.55. The van der Waals surface area contributed by atoms with E-state index < -0.39 is 0 Å². The second-order valence-electron chi connectivity index (χ2n) is 7.40. The largest absolute Gasteiger partial charge is 0.491 e. The van der Waals surface area contributed by atoms with Crippen molar-refractivity contribution in [3.05, 3.63) is 51.2 Å². The molecule has 7 heteroatoms. The molecule has 0 aliphatic carbocycles. The Morgan fingerprint density at radius 2 is 2.13 bits per heavy atom. The number of rotatable bonds is 10. The maximum Gasteiger partial charge on any atom is 0.191 e. The minimum Gasteiger partial charge on any atom is -0.491 e. The van der Waals surface area contributed by atoms with Gasteiger partial charge in [-0.1, -0.05) is 12.1 Å². The van der Waals surface area contributed by atoms with E-state index in [0.717, 1.165) is 43.5 Å². The molecule has 1 aromatic heterocycles. The van der Waals surface area contributed by atoms with E-state index in [-0.39, 0.29) is 0 Å². The van der Waals surface area contributed by atoms with Crippen LogP contribution in [0.5, 0.6) is 5.75 Å². The van der Waals surface area contributed by atoms with Crippen LogP contribution in [0, 0.1) is 6.92 Å². The summed E-state index contributed by atoms with van der Waals surface area (Å²) in [5, 5.41) is 9.05. The lowest BCUT2D eigenvalue weighted by atomic mass is 10.1. The highest BCUT2D eigenvalue weighted by Crippen LogP contribution is 2.23. The van der Waals surface area contributed by atoms with Gasteiger partial charge >= 0.3 is 0 Å². The van der Waals surface area contributed by atoms with Gasteiger partial charge in [0.05, 0.1) is 6.61 Å². The molecule has 2 heterocycles. The lowest BCUT2D eigenvalue weighted by Gasteiger charge is -2.27. The fourth-order valence-corrected chi connectivity index (χ4v) is 4.42. The molecule has 3 rings (SSSR count). The summed E-state index contributed by atoms with van der Waals surface area (Å²) in [5.74, 6) is 1.71. The number of fused-ring (bicyclic) bond motifs is 1. The van der Waals surface area contributed by atoms with Gasteiger partial charge in [0, 0.05) is 56.8 Å². The van der Waals surface area contributed by atoms with Gasteiger partial charge in [-0.05, 0) is 48.9 Å². The summed E-state index contributed by atoms with van der Waals surface area (Å²) in [6.45, 7) is 10.6. The maximum absolute atomic E-state index is 5.94. The van der Waals surface area contributed by atoms with Crippen molar-refractivity contribution < 1.29 is 9.47 Å². The number of guanidine groups is 1. The number of hydrogen-bond acceptors (Lipinski definition) is 5. The highest BCUT2D eigenvalue weighted by atomic mass is 32.1. The van der Waals surface area contributed by atoms with Crippen molar-refractivity contribution in [1.82, 2.24) is 15.5 Å². The Hall–Kier alpha value is -2.09. The lowest BCUT2D eigenvalue weighted by molar-refractivity contribution is 0.110. The van der Waals surface area contributed by atoms with E-state index in [4.69, 9.17) is 9.47 Å². The zero-order valence-corrected chi connectivity index (χ0v) is 19.2. The molecule has 0 saturated heterocycles. The first-order valence-corrected chi connectivity index (χ1v) is 11.6. The third-order valence-electron chi connectivity index (χ3n) is 5.19. The van der Waals surface area contributed by atoms with Gasteiger partial charge in [-0.2, -0.15) is 0 Å². The Labute approximate surface area is 184 Å². The lowest BCUT2D eigenvalue weighted by Crippen LogP contribution is -2.42. The molecular formula is C23H34N4O2S. The van der Waals surface area contributed by atoms with Crippen LogP contribution in [0.3, 0.4) is 0 Å². The monoisotopic (exact) mass is 430 g/mol. The smallest absolute Gasteiger partial charge is 0.191 e. The van der Waals surface area contributed by atoms with Gasteiger partial charge in [-0.25, -0.2) is 0 Å². The molecule has 0 atom stereocenters. The number of benzene rings is 1. The van der Waals surface area contributed by atoms with Crippen molar-refractivity contribution in [1.29, 1.82) is 0 Å². The first-order chi connectivity index (χ1) is 14.7. The topological polar surface area (TPSA) is 58.1 Å². The highest BCUT2D eigenvalue weighted by molar-refractivity contribution is 7.10. The number of nitrogens with zero attached hydrogens (tertiary/aromatic N) is 2. The molecule has 30 heavy (non-hydrogen) atoms. The molecule has 1 aromatic carbocycles. The van der Waals surface area contributed by atoms with Crippen molar-refractivity contribution in [2.45, 2.75) is 33.4 Å². The number of aryl methyl sites for hydroxylation is 1. The van der Waals surface area contributed by atoms with Crippen molar-refractivity contribution in [3.63, 3.8) is 0 Å². The standard InChI is InChI=1S/C23H34N4O2S/c1-4-28-12-13-29-21-15-18(2)5-6-19(21)16-26-23(24-3)25-9-11-27-10-7-22-20(17-27)8-14-30-22/h5-6,8,14-15H,4,7,9-13,16-17H2,1-3H3,(H2,24,25,26). The van der Waals surface area contributed by atoms with Gasteiger partial charge in [0.1, 0.15) is 12.4 Å². The molecule has 0 bridgehead atoms. The highest BCUT2D eigenvalue weighted by Gasteiger charge is 2.16. The third-order valence-corrected chi connectivity index (χ3v) is 6.21. The molecule has 0 radical (unpaired) electrons. The Bertz CT molecular complexity index is 821. The Kier molecular flexibility index (Phi) is 8.99. The molecule has 2 aromatic rings. The van der Waals surface area contributed by atoms with Crippen LogP contribution in [-0.4, -0.2) is 57.4 Å². The number of aliphatic imine (C=N–C) groups is 1. The van der Waals surface area contributed by atoms with Crippen LogP contribution in [0.15, 0.2) is 34.6 Å². The molecule has 164 valence electrons. The number of thiophene rings is 1. The molecule has 2 N–H and O–H groups in total. The van der Waals surface area contributed by atoms with Gasteiger partial charge in [-0.15, -0.1) is 11.3 Å². The molecule has 0 unspecified atom stereocenters. The van der Waals surface area contributed by atoms with E-state index in [0.29, 0.717) is 26.4 Å². The van der Waals surface area contributed by atoms with Gasteiger partial charge < -0.3 is 20.1 Å². The van der Waals surface area contributed by atoms with Crippen molar-refractivity contribution in [3.8, 4) is 5.75 Å². The summed E-state index contributed by atoms with van der Waals surface area (Å²) >= 11 is 1.88. The first kappa shape index (κ1) is 22.6. The second-order valence-corrected chi connectivity index (χ2v) is 8.40. The molecule has 0 saturated carbocycles. The Morgan fingerprint density at radius 1 is 1.23 bits per heavy atom. The SMILES string of the molecule is CCOCCOc1cc(C)ccc1CNC(=NC)NCCN1CCc2sccc2C1. The van der Waals surface area contributed by atoms with E-state index >= 15 is 0 Å². The summed E-state index contributed by atoms with van der Waals surface area (Å²) in [6.07, 6.45) is 1.17. The average molecular weight is 431 g/mol. The van der Waals surface area contributed by atoms with Gasteiger partial charge in [0.15, 0.2) is 5.96 Å². The van der Waals surface area contributed by atoms with Crippen LogP contribution in [0.4, 0.5) is 0 Å². The fourth-order valence-electron chi connectivity index (χ4n) is 3.53. The summed E-state index contributed by atoms with van der Waals surface area (Å²) in [4.78, 5) is 8.41. The second kappa shape index (κ2) is 11.9. The minimum atomic E-state index is 0.555. The first-order valence-electron chi connectivity index (χ1n) is 10.7. The van der Waals surface area contributed by atoms with Crippen molar-refractivity contribution in [2.24, 2.45) is 4.99 Å². The molecule has 0 spiro atoms. The fraction of sp³-hybridized carbons (Fsp3) is 0.522. The summed E-state index contributed by atoms with van der Waals surface area (Å²) in [5.41, 5.74) is 3.79. The van der Waals surface area contributed by atoms with E-state index in [1.807, 2.05) is 25.3 Å². The molecule has 1 aliphatic rings. The molecule has 6 nitrogen and oxygen atoms in total. The Morgan fingerprint density at radius 3 is 2.97 bits per heavy atom. The van der Waals surface area contributed by atoms with E-state index in [2.05, 4.69) is 57.1 Å². The normalized spacial score (nSPS) is 14.4. The summed E-state index contributed by atoms with van der Waals surface area (Å²) in [7, 11) is 1.81. The molecule has 0 fully saturated rings. The van der Waals surface area contributed by atoms with E-state index in [9.17, 15) is 0 Å². The maximum atomic E-state index is 5.94. The Balaban J connectivity index is 1.44. The van der Waals surface area contributed by atoms with Gasteiger partial charge in [0.2, 0.25) is 0 Å². The number of ether oxygens (including phenoxy) is 2. The predicted octanol–water partition coefficient (Wildman–Crippen LogP) is 3.20. The average Bonchev–Trinajstić information content (AvgIpc) is 3.22. The predicted molar refractivity (Wildman–Crippen MR) is 125 cm³/mol. The van der Waals surface area contributed by atoms with Crippen molar-refractivity contribution in [2.75, 3.05) is 46.5 Å². The van der Waals surface area contributed by atoms with E-state index in [1.165, 1.54) is 17.5 Å². The van der Waals surface area contributed by atoms with Crippen LogP contribution in [0.1, 0.15) is 28.5 Å². The molecule has 1 aliphatic heterocycles. The van der Waals surface area contributed by atoms with Crippen LogP contribution >= 0.6 is 11.3 Å². The minimum absolute atomic E-state index is 0.555. The zero-order valence-electron chi connectivity index (χ0n) is 18.4. The van der Waals surface area contributed by atoms with Gasteiger partial charge in [0.25, 0.3) is 0 Å². The quantitative estimate of drug-likeness (QED) is 0.344.